The largest absolute Gasteiger partial charge is 0.494 e. The first kappa shape index (κ1) is 17.9. The molecule has 0 radical (unpaired) electrons. The van der Waals surface area contributed by atoms with Gasteiger partial charge in [-0.15, -0.1) is 0 Å². The average molecular weight is 343 g/mol. The second-order valence-corrected chi connectivity index (χ2v) is 6.88. The SMILES string of the molecule is CCCCCCCCOc1ccc(-c2noc(CC3CNC3)n2)cc1. The van der Waals surface area contributed by atoms with Crippen LogP contribution in [0.1, 0.15) is 51.3 Å². The zero-order chi connectivity index (χ0) is 17.3. The van der Waals surface area contributed by atoms with Gasteiger partial charge in [-0.1, -0.05) is 44.2 Å². The number of hydrogen-bond donors (Lipinski definition) is 1. The normalized spacial score (nSPS) is 14.4. The topological polar surface area (TPSA) is 60.2 Å². The van der Waals surface area contributed by atoms with Gasteiger partial charge < -0.3 is 14.6 Å². The quantitative estimate of drug-likeness (QED) is 0.618. The van der Waals surface area contributed by atoms with E-state index in [0.717, 1.165) is 49.7 Å². The fraction of sp³-hybridized carbons (Fsp3) is 0.600. The van der Waals surface area contributed by atoms with Gasteiger partial charge in [0, 0.05) is 12.0 Å². The summed E-state index contributed by atoms with van der Waals surface area (Å²) in [4.78, 5) is 4.50. The van der Waals surface area contributed by atoms with Crippen molar-refractivity contribution in [2.24, 2.45) is 5.92 Å². The fourth-order valence-electron chi connectivity index (χ4n) is 2.97. The van der Waals surface area contributed by atoms with Crippen LogP contribution in [0.5, 0.6) is 5.75 Å². The summed E-state index contributed by atoms with van der Waals surface area (Å²) in [5, 5.41) is 7.35. The molecule has 5 nitrogen and oxygen atoms in total. The molecular formula is C20H29N3O2. The third-order valence-corrected chi connectivity index (χ3v) is 4.68. The van der Waals surface area contributed by atoms with Crippen molar-refractivity contribution >= 4 is 0 Å². The number of aromatic nitrogens is 2. The Labute approximate surface area is 150 Å². The number of hydrogen-bond acceptors (Lipinski definition) is 5. The molecule has 0 aliphatic carbocycles. The van der Waals surface area contributed by atoms with E-state index >= 15 is 0 Å². The van der Waals surface area contributed by atoms with Gasteiger partial charge in [0.1, 0.15) is 5.75 Å². The number of nitrogens with zero attached hydrogens (tertiary/aromatic N) is 2. The van der Waals surface area contributed by atoms with Gasteiger partial charge in [0.25, 0.3) is 0 Å². The van der Waals surface area contributed by atoms with E-state index in [1.165, 1.54) is 32.1 Å². The molecule has 1 aromatic heterocycles. The first-order chi connectivity index (χ1) is 12.3. The molecule has 2 aromatic rings. The lowest BCUT2D eigenvalue weighted by molar-refractivity contribution is 0.296. The first-order valence-corrected chi connectivity index (χ1v) is 9.61. The van der Waals surface area contributed by atoms with E-state index in [2.05, 4.69) is 22.4 Å². The highest BCUT2D eigenvalue weighted by molar-refractivity contribution is 5.55. The van der Waals surface area contributed by atoms with Gasteiger partial charge in [0.05, 0.1) is 6.61 Å². The van der Waals surface area contributed by atoms with Crippen LogP contribution in [-0.4, -0.2) is 29.8 Å². The number of unbranched alkanes of at least 4 members (excludes halogenated alkanes) is 5. The number of nitrogens with one attached hydrogen (secondary N) is 1. The van der Waals surface area contributed by atoms with E-state index in [9.17, 15) is 0 Å². The third kappa shape index (κ3) is 5.56. The van der Waals surface area contributed by atoms with Gasteiger partial charge in [-0.3, -0.25) is 0 Å². The van der Waals surface area contributed by atoms with Gasteiger partial charge in [0.2, 0.25) is 11.7 Å². The highest BCUT2D eigenvalue weighted by atomic mass is 16.5. The molecule has 0 unspecified atom stereocenters. The molecule has 1 aromatic carbocycles. The number of benzene rings is 1. The summed E-state index contributed by atoms with van der Waals surface area (Å²) in [6, 6.07) is 7.96. The highest BCUT2D eigenvalue weighted by Gasteiger charge is 2.20. The zero-order valence-electron chi connectivity index (χ0n) is 15.2. The Morgan fingerprint density at radius 2 is 1.84 bits per heavy atom. The van der Waals surface area contributed by atoms with Crippen LogP contribution < -0.4 is 10.1 Å². The second kappa shape index (κ2) is 9.56. The van der Waals surface area contributed by atoms with Gasteiger partial charge in [0.15, 0.2) is 0 Å². The maximum atomic E-state index is 5.81. The zero-order valence-corrected chi connectivity index (χ0v) is 15.2. The molecule has 1 N–H and O–H groups in total. The van der Waals surface area contributed by atoms with E-state index in [4.69, 9.17) is 9.26 Å². The minimum Gasteiger partial charge on any atom is -0.494 e. The van der Waals surface area contributed by atoms with Crippen molar-refractivity contribution < 1.29 is 9.26 Å². The summed E-state index contributed by atoms with van der Waals surface area (Å²) in [7, 11) is 0. The van der Waals surface area contributed by atoms with Crippen LogP contribution in [-0.2, 0) is 6.42 Å². The lowest BCUT2D eigenvalue weighted by atomic mass is 10.00. The minimum absolute atomic E-state index is 0.631. The van der Waals surface area contributed by atoms with Crippen molar-refractivity contribution in [2.75, 3.05) is 19.7 Å². The summed E-state index contributed by atoms with van der Waals surface area (Å²) in [6.07, 6.45) is 8.53. The van der Waals surface area contributed by atoms with E-state index in [-0.39, 0.29) is 0 Å². The lowest BCUT2D eigenvalue weighted by Gasteiger charge is -2.25. The summed E-state index contributed by atoms with van der Waals surface area (Å²) in [6.45, 7) is 5.12. The van der Waals surface area contributed by atoms with Crippen molar-refractivity contribution in [3.8, 4) is 17.1 Å². The maximum Gasteiger partial charge on any atom is 0.227 e. The molecule has 136 valence electrons. The molecule has 1 aliphatic heterocycles. The molecule has 0 atom stereocenters. The van der Waals surface area contributed by atoms with Crippen LogP contribution in [0.4, 0.5) is 0 Å². The Bertz CT molecular complexity index is 620. The Morgan fingerprint density at radius 1 is 1.08 bits per heavy atom. The third-order valence-electron chi connectivity index (χ3n) is 4.68. The Kier molecular flexibility index (Phi) is 6.86. The molecule has 0 spiro atoms. The molecule has 0 amide bonds. The van der Waals surface area contributed by atoms with Crippen molar-refractivity contribution in [3.05, 3.63) is 30.2 Å². The predicted octanol–water partition coefficient (Wildman–Crippen LogP) is 4.24. The standard InChI is InChI=1S/C20H29N3O2/c1-2-3-4-5-6-7-12-24-18-10-8-17(9-11-18)20-22-19(25-23-20)13-16-14-21-15-16/h8-11,16,21H,2-7,12-15H2,1H3. The van der Waals surface area contributed by atoms with Crippen molar-refractivity contribution in [1.29, 1.82) is 0 Å². The molecule has 0 saturated carbocycles. The van der Waals surface area contributed by atoms with Crippen LogP contribution in [0.2, 0.25) is 0 Å². The van der Waals surface area contributed by atoms with Crippen LogP contribution >= 0.6 is 0 Å². The molecule has 3 rings (SSSR count). The fourth-order valence-corrected chi connectivity index (χ4v) is 2.97. The van der Waals surface area contributed by atoms with Crippen molar-refractivity contribution in [2.45, 2.75) is 51.9 Å². The van der Waals surface area contributed by atoms with Crippen molar-refractivity contribution in [3.63, 3.8) is 0 Å². The molecule has 1 fully saturated rings. The first-order valence-electron chi connectivity index (χ1n) is 9.61. The van der Waals surface area contributed by atoms with Crippen LogP contribution in [0.3, 0.4) is 0 Å². The molecule has 1 saturated heterocycles. The number of rotatable bonds is 11. The Morgan fingerprint density at radius 3 is 2.56 bits per heavy atom. The van der Waals surface area contributed by atoms with E-state index in [1.807, 2.05) is 24.3 Å². The van der Waals surface area contributed by atoms with E-state index < -0.39 is 0 Å². The summed E-state index contributed by atoms with van der Waals surface area (Å²) < 4.78 is 11.2. The highest BCUT2D eigenvalue weighted by Crippen LogP contribution is 2.21. The smallest absolute Gasteiger partial charge is 0.227 e. The molecule has 0 bridgehead atoms. The number of ether oxygens (including phenoxy) is 1. The lowest BCUT2D eigenvalue weighted by Crippen LogP contribution is -2.43. The van der Waals surface area contributed by atoms with Crippen molar-refractivity contribution in [1.82, 2.24) is 15.5 Å². The van der Waals surface area contributed by atoms with Gasteiger partial charge >= 0.3 is 0 Å². The predicted molar refractivity (Wildman–Crippen MR) is 98.7 cm³/mol. The van der Waals surface area contributed by atoms with Gasteiger partial charge in [-0.2, -0.15) is 4.98 Å². The van der Waals surface area contributed by atoms with Crippen LogP contribution in [0, 0.1) is 5.92 Å². The molecular weight excluding hydrogens is 314 g/mol. The molecule has 1 aliphatic rings. The summed E-state index contributed by atoms with van der Waals surface area (Å²) in [5.74, 6) is 2.92. The molecule has 25 heavy (non-hydrogen) atoms. The van der Waals surface area contributed by atoms with Crippen LogP contribution in [0.15, 0.2) is 28.8 Å². The molecule has 5 heteroatoms. The summed E-state index contributed by atoms with van der Waals surface area (Å²) >= 11 is 0. The Hall–Kier alpha value is -1.88. The van der Waals surface area contributed by atoms with Gasteiger partial charge in [-0.05, 0) is 49.7 Å². The van der Waals surface area contributed by atoms with Gasteiger partial charge in [-0.25, -0.2) is 0 Å². The minimum atomic E-state index is 0.631. The molecule has 2 heterocycles. The summed E-state index contributed by atoms with van der Waals surface area (Å²) in [5.41, 5.74) is 0.966. The monoisotopic (exact) mass is 343 g/mol. The van der Waals surface area contributed by atoms with E-state index in [0.29, 0.717) is 11.7 Å². The van der Waals surface area contributed by atoms with E-state index in [1.54, 1.807) is 0 Å². The maximum absolute atomic E-state index is 5.81. The Balaban J connectivity index is 1.41. The van der Waals surface area contributed by atoms with Crippen LogP contribution in [0.25, 0.3) is 11.4 Å². The average Bonchev–Trinajstić information content (AvgIpc) is 3.07. The second-order valence-electron chi connectivity index (χ2n) is 6.88.